The van der Waals surface area contributed by atoms with Crippen LogP contribution in [0.1, 0.15) is 31.2 Å². The van der Waals surface area contributed by atoms with E-state index in [4.69, 9.17) is 23.1 Å². The summed E-state index contributed by atoms with van der Waals surface area (Å²) in [5.74, 6) is 0.480. The van der Waals surface area contributed by atoms with E-state index in [0.29, 0.717) is 23.6 Å². The molecule has 18 heavy (non-hydrogen) atoms. The number of anilines is 1. The SMILES string of the molecule is NC(=S)c1ccccc1NC1CCC(CO)CC1. The minimum atomic E-state index is 0.316. The Balaban J connectivity index is 2.00. The number of aliphatic hydroxyl groups excluding tert-OH is 1. The van der Waals surface area contributed by atoms with Gasteiger partial charge in [-0.2, -0.15) is 0 Å². The second-order valence-electron chi connectivity index (χ2n) is 4.95. The smallest absolute Gasteiger partial charge is 0.106 e. The van der Waals surface area contributed by atoms with E-state index in [9.17, 15) is 0 Å². The summed E-state index contributed by atoms with van der Waals surface area (Å²) < 4.78 is 0. The first-order valence-electron chi connectivity index (χ1n) is 6.47. The van der Waals surface area contributed by atoms with E-state index >= 15 is 0 Å². The van der Waals surface area contributed by atoms with Crippen molar-refractivity contribution in [2.45, 2.75) is 31.7 Å². The van der Waals surface area contributed by atoms with E-state index < -0.39 is 0 Å². The summed E-state index contributed by atoms with van der Waals surface area (Å²) in [5, 5.41) is 12.7. The molecule has 0 aliphatic heterocycles. The maximum absolute atomic E-state index is 9.13. The fourth-order valence-electron chi connectivity index (χ4n) is 2.53. The molecule has 1 saturated carbocycles. The molecule has 2 rings (SSSR count). The van der Waals surface area contributed by atoms with E-state index in [0.717, 1.165) is 36.9 Å². The number of thiocarbonyl (C=S) groups is 1. The molecule has 1 aromatic carbocycles. The van der Waals surface area contributed by atoms with Crippen LogP contribution in [-0.2, 0) is 0 Å². The van der Waals surface area contributed by atoms with E-state index in [1.165, 1.54) is 0 Å². The predicted molar refractivity (Wildman–Crippen MR) is 78.8 cm³/mol. The molecule has 0 bridgehead atoms. The topological polar surface area (TPSA) is 58.3 Å². The lowest BCUT2D eigenvalue weighted by atomic mass is 9.86. The lowest BCUT2D eigenvalue weighted by Crippen LogP contribution is -2.28. The van der Waals surface area contributed by atoms with Crippen LogP contribution in [-0.4, -0.2) is 22.7 Å². The molecular weight excluding hydrogens is 244 g/mol. The Morgan fingerprint density at radius 2 is 1.94 bits per heavy atom. The fourth-order valence-corrected chi connectivity index (χ4v) is 2.71. The van der Waals surface area contributed by atoms with Crippen LogP contribution in [0.2, 0.25) is 0 Å². The Labute approximate surface area is 113 Å². The second kappa shape index (κ2) is 6.16. The second-order valence-corrected chi connectivity index (χ2v) is 5.39. The predicted octanol–water partition coefficient (Wildman–Crippen LogP) is 2.28. The van der Waals surface area contributed by atoms with Crippen LogP contribution >= 0.6 is 12.2 Å². The van der Waals surface area contributed by atoms with Crippen LogP contribution in [0.15, 0.2) is 24.3 Å². The molecule has 1 aliphatic carbocycles. The van der Waals surface area contributed by atoms with Crippen molar-refractivity contribution in [3.8, 4) is 0 Å². The van der Waals surface area contributed by atoms with Gasteiger partial charge in [0.25, 0.3) is 0 Å². The molecule has 4 heteroatoms. The van der Waals surface area contributed by atoms with Crippen LogP contribution in [0.25, 0.3) is 0 Å². The van der Waals surface area contributed by atoms with Crippen molar-refractivity contribution in [2.75, 3.05) is 11.9 Å². The molecule has 0 atom stereocenters. The van der Waals surface area contributed by atoms with Crippen molar-refractivity contribution >= 4 is 22.9 Å². The van der Waals surface area contributed by atoms with Gasteiger partial charge in [0, 0.05) is 23.9 Å². The molecule has 1 aromatic rings. The van der Waals surface area contributed by atoms with Crippen LogP contribution in [0.5, 0.6) is 0 Å². The van der Waals surface area contributed by atoms with E-state index in [1.807, 2.05) is 24.3 Å². The van der Waals surface area contributed by atoms with Gasteiger partial charge in [0.15, 0.2) is 0 Å². The van der Waals surface area contributed by atoms with Gasteiger partial charge in [-0.15, -0.1) is 0 Å². The standard InChI is InChI=1S/C14H20N2OS/c15-14(18)12-3-1-2-4-13(12)16-11-7-5-10(9-17)6-8-11/h1-4,10-11,16-17H,5-9H2,(H2,15,18). The Morgan fingerprint density at radius 3 is 2.56 bits per heavy atom. The zero-order valence-electron chi connectivity index (χ0n) is 10.4. The lowest BCUT2D eigenvalue weighted by molar-refractivity contribution is 0.186. The first-order chi connectivity index (χ1) is 8.70. The minimum absolute atomic E-state index is 0.316. The first-order valence-corrected chi connectivity index (χ1v) is 6.87. The first kappa shape index (κ1) is 13.3. The van der Waals surface area contributed by atoms with Crippen molar-refractivity contribution in [1.29, 1.82) is 0 Å². The van der Waals surface area contributed by atoms with Crippen molar-refractivity contribution < 1.29 is 5.11 Å². The zero-order valence-corrected chi connectivity index (χ0v) is 11.2. The quantitative estimate of drug-likeness (QED) is 0.730. The molecule has 1 fully saturated rings. The minimum Gasteiger partial charge on any atom is -0.396 e. The van der Waals surface area contributed by atoms with Crippen molar-refractivity contribution in [3.05, 3.63) is 29.8 Å². The number of para-hydroxylation sites is 1. The highest BCUT2D eigenvalue weighted by Crippen LogP contribution is 2.27. The van der Waals surface area contributed by atoms with Crippen molar-refractivity contribution in [2.24, 2.45) is 11.7 Å². The number of nitrogens with one attached hydrogen (secondary N) is 1. The Bertz CT molecular complexity index is 414. The number of hydrogen-bond acceptors (Lipinski definition) is 3. The molecule has 0 unspecified atom stereocenters. The third-order valence-corrected chi connectivity index (χ3v) is 3.88. The third-order valence-electron chi connectivity index (χ3n) is 3.66. The molecule has 4 N–H and O–H groups in total. The molecule has 3 nitrogen and oxygen atoms in total. The number of hydrogen-bond donors (Lipinski definition) is 3. The van der Waals surface area contributed by atoms with Crippen LogP contribution in [0.4, 0.5) is 5.69 Å². The molecule has 0 aromatic heterocycles. The summed E-state index contributed by atoms with van der Waals surface area (Å²) >= 11 is 5.06. The number of aliphatic hydroxyl groups is 1. The highest BCUT2D eigenvalue weighted by molar-refractivity contribution is 7.80. The van der Waals surface area contributed by atoms with Gasteiger partial charge >= 0.3 is 0 Å². The van der Waals surface area contributed by atoms with Gasteiger partial charge in [0.05, 0.1) is 0 Å². The Hall–Kier alpha value is -1.13. The Morgan fingerprint density at radius 1 is 1.28 bits per heavy atom. The summed E-state index contributed by atoms with van der Waals surface area (Å²) in [6.07, 6.45) is 4.36. The van der Waals surface area contributed by atoms with Gasteiger partial charge in [0.1, 0.15) is 4.99 Å². The molecule has 98 valence electrons. The molecule has 0 saturated heterocycles. The molecule has 0 heterocycles. The van der Waals surface area contributed by atoms with Gasteiger partial charge in [-0.3, -0.25) is 0 Å². The molecule has 0 radical (unpaired) electrons. The van der Waals surface area contributed by atoms with E-state index in [2.05, 4.69) is 5.32 Å². The van der Waals surface area contributed by atoms with Gasteiger partial charge < -0.3 is 16.2 Å². The summed E-state index contributed by atoms with van der Waals surface area (Å²) in [7, 11) is 0. The summed E-state index contributed by atoms with van der Waals surface area (Å²) in [6, 6.07) is 8.37. The number of rotatable bonds is 4. The summed E-state index contributed by atoms with van der Waals surface area (Å²) in [4.78, 5) is 0.433. The number of benzene rings is 1. The molecule has 0 spiro atoms. The van der Waals surface area contributed by atoms with Gasteiger partial charge in [-0.25, -0.2) is 0 Å². The van der Waals surface area contributed by atoms with Gasteiger partial charge in [0.2, 0.25) is 0 Å². The van der Waals surface area contributed by atoms with Crippen LogP contribution < -0.4 is 11.1 Å². The molecule has 0 amide bonds. The van der Waals surface area contributed by atoms with Gasteiger partial charge in [-0.05, 0) is 43.7 Å². The zero-order chi connectivity index (χ0) is 13.0. The third kappa shape index (κ3) is 3.21. The average Bonchev–Trinajstić information content (AvgIpc) is 2.40. The molecule has 1 aliphatic rings. The average molecular weight is 264 g/mol. The Kier molecular flexibility index (Phi) is 4.55. The fraction of sp³-hybridized carbons (Fsp3) is 0.500. The van der Waals surface area contributed by atoms with Crippen LogP contribution in [0.3, 0.4) is 0 Å². The van der Waals surface area contributed by atoms with E-state index in [1.54, 1.807) is 0 Å². The normalized spacial score (nSPS) is 23.6. The number of nitrogens with two attached hydrogens (primary N) is 1. The largest absolute Gasteiger partial charge is 0.396 e. The molecular formula is C14H20N2OS. The maximum Gasteiger partial charge on any atom is 0.106 e. The summed E-state index contributed by atoms with van der Waals surface area (Å²) in [6.45, 7) is 0.316. The van der Waals surface area contributed by atoms with Crippen LogP contribution in [0, 0.1) is 5.92 Å². The van der Waals surface area contributed by atoms with Crippen molar-refractivity contribution in [1.82, 2.24) is 0 Å². The maximum atomic E-state index is 9.13. The highest BCUT2D eigenvalue weighted by Gasteiger charge is 2.21. The van der Waals surface area contributed by atoms with E-state index in [-0.39, 0.29) is 0 Å². The van der Waals surface area contributed by atoms with Gasteiger partial charge in [-0.1, -0.05) is 24.4 Å². The van der Waals surface area contributed by atoms with Crippen molar-refractivity contribution in [3.63, 3.8) is 0 Å². The summed E-state index contributed by atoms with van der Waals surface area (Å²) in [5.41, 5.74) is 7.66. The lowest BCUT2D eigenvalue weighted by Gasteiger charge is -2.29. The highest BCUT2D eigenvalue weighted by atomic mass is 32.1. The monoisotopic (exact) mass is 264 g/mol.